The Balaban J connectivity index is 1.29. The molecule has 9 aromatic carbocycles. The van der Waals surface area contributed by atoms with Gasteiger partial charge in [-0.2, -0.15) is 0 Å². The highest BCUT2D eigenvalue weighted by molar-refractivity contribution is 6.14. The molecule has 3 heteroatoms. The summed E-state index contributed by atoms with van der Waals surface area (Å²) in [6.07, 6.45) is 0. The number of rotatable bonds is 8. The van der Waals surface area contributed by atoms with Crippen molar-refractivity contribution in [2.24, 2.45) is 0 Å². The van der Waals surface area contributed by atoms with Crippen LogP contribution in [-0.2, 0) is 5.41 Å². The summed E-state index contributed by atoms with van der Waals surface area (Å²) in [5.74, 6) is 0.670. The standard InChI is InChI=1S/C62H47N3/c1-62(2,3)55-40-49(43-24-12-5-13-25-43)37-54-53-36-48(42-22-10-4-11-23-42)34-35-58(53)65(60(54)55)59-51(44-26-14-6-15-27-44)38-50(39-52(59)45-28-16-7-17-29-45)61-63-56(46-30-18-8-19-31-46)41-57(64-61)47-32-20-9-21-33-47/h4-41H,1-3H3. The summed E-state index contributed by atoms with van der Waals surface area (Å²) in [4.78, 5) is 10.7. The molecule has 2 heterocycles. The molecule has 11 rings (SSSR count). The fraction of sp³-hybridized carbons (Fsp3) is 0.0645. The lowest BCUT2D eigenvalue weighted by atomic mass is 9.83. The molecule has 2 aromatic heterocycles. The molecule has 0 unspecified atom stereocenters. The van der Waals surface area contributed by atoms with Gasteiger partial charge in [0.05, 0.1) is 28.1 Å². The highest BCUT2D eigenvalue weighted by Crippen LogP contribution is 2.47. The molecule has 3 nitrogen and oxygen atoms in total. The fourth-order valence-corrected chi connectivity index (χ4v) is 9.33. The Morgan fingerprint density at radius 2 is 0.754 bits per heavy atom. The minimum absolute atomic E-state index is 0.212. The molecule has 0 aliphatic rings. The Bertz CT molecular complexity index is 3340. The first kappa shape index (κ1) is 39.7. The minimum atomic E-state index is -0.212. The van der Waals surface area contributed by atoms with E-state index >= 15 is 0 Å². The van der Waals surface area contributed by atoms with Gasteiger partial charge in [0.1, 0.15) is 0 Å². The number of nitrogens with zero attached hydrogens (tertiary/aromatic N) is 3. The van der Waals surface area contributed by atoms with E-state index in [1.165, 1.54) is 44.1 Å². The summed E-state index contributed by atoms with van der Waals surface area (Å²) in [5, 5.41) is 2.43. The van der Waals surface area contributed by atoms with Gasteiger partial charge in [-0.1, -0.05) is 209 Å². The quantitative estimate of drug-likeness (QED) is 0.153. The van der Waals surface area contributed by atoms with Crippen LogP contribution in [0.2, 0.25) is 0 Å². The van der Waals surface area contributed by atoms with E-state index in [-0.39, 0.29) is 5.41 Å². The summed E-state index contributed by atoms with van der Waals surface area (Å²) in [5.41, 5.74) is 18.5. The molecular formula is C62H47N3. The van der Waals surface area contributed by atoms with Gasteiger partial charge in [0, 0.05) is 38.6 Å². The maximum atomic E-state index is 5.37. The van der Waals surface area contributed by atoms with Crippen LogP contribution in [0.25, 0.3) is 106 Å². The van der Waals surface area contributed by atoms with Crippen molar-refractivity contribution in [3.63, 3.8) is 0 Å². The highest BCUT2D eigenvalue weighted by Gasteiger charge is 2.28. The van der Waals surface area contributed by atoms with Crippen molar-refractivity contribution < 1.29 is 0 Å². The van der Waals surface area contributed by atoms with Crippen LogP contribution >= 0.6 is 0 Å². The molecule has 0 atom stereocenters. The average molecular weight is 834 g/mol. The zero-order chi connectivity index (χ0) is 43.9. The summed E-state index contributed by atoms with van der Waals surface area (Å²) in [6, 6.07) is 82.7. The van der Waals surface area contributed by atoms with E-state index in [0.29, 0.717) is 5.82 Å². The van der Waals surface area contributed by atoms with E-state index in [1.807, 2.05) is 12.1 Å². The Kier molecular flexibility index (Phi) is 10.1. The van der Waals surface area contributed by atoms with Gasteiger partial charge in [0.25, 0.3) is 0 Å². The summed E-state index contributed by atoms with van der Waals surface area (Å²) < 4.78 is 2.57. The normalized spacial score (nSPS) is 11.6. The number of hydrogen-bond donors (Lipinski definition) is 0. The van der Waals surface area contributed by atoms with E-state index < -0.39 is 0 Å². The fourth-order valence-electron chi connectivity index (χ4n) is 9.33. The van der Waals surface area contributed by atoms with Crippen molar-refractivity contribution in [1.29, 1.82) is 0 Å². The number of benzene rings is 9. The first-order valence-corrected chi connectivity index (χ1v) is 22.4. The van der Waals surface area contributed by atoms with Gasteiger partial charge in [-0.3, -0.25) is 0 Å². The Morgan fingerprint density at radius 3 is 1.22 bits per heavy atom. The van der Waals surface area contributed by atoms with Crippen LogP contribution in [0.15, 0.2) is 231 Å². The summed E-state index contributed by atoms with van der Waals surface area (Å²) in [6.45, 7) is 7.03. The molecule has 0 aliphatic heterocycles. The van der Waals surface area contributed by atoms with Crippen LogP contribution in [0.4, 0.5) is 0 Å². The van der Waals surface area contributed by atoms with Gasteiger partial charge in [-0.05, 0) is 86.8 Å². The summed E-state index contributed by atoms with van der Waals surface area (Å²) >= 11 is 0. The average Bonchev–Trinajstić information content (AvgIpc) is 3.70. The van der Waals surface area contributed by atoms with Gasteiger partial charge in [-0.25, -0.2) is 9.97 Å². The highest BCUT2D eigenvalue weighted by atomic mass is 15.0. The van der Waals surface area contributed by atoms with Crippen LogP contribution in [0.3, 0.4) is 0 Å². The van der Waals surface area contributed by atoms with E-state index in [9.17, 15) is 0 Å². The van der Waals surface area contributed by atoms with Crippen LogP contribution in [0.5, 0.6) is 0 Å². The molecular weight excluding hydrogens is 787 g/mol. The molecule has 0 fully saturated rings. The number of aromatic nitrogens is 3. The topological polar surface area (TPSA) is 30.7 Å². The SMILES string of the molecule is CC(C)(C)c1cc(-c2ccccc2)cc2c3cc(-c4ccccc4)ccc3n(-c3c(-c4ccccc4)cc(-c4nc(-c5ccccc5)cc(-c5ccccc5)n4)cc3-c3ccccc3)c12. The van der Waals surface area contributed by atoms with Gasteiger partial charge in [0.15, 0.2) is 5.82 Å². The second-order valence-electron chi connectivity index (χ2n) is 17.8. The molecule has 11 aromatic rings. The van der Waals surface area contributed by atoms with Crippen molar-refractivity contribution in [2.45, 2.75) is 26.2 Å². The predicted molar refractivity (Wildman–Crippen MR) is 273 cm³/mol. The maximum Gasteiger partial charge on any atom is 0.160 e. The number of fused-ring (bicyclic) bond motifs is 3. The molecule has 0 amide bonds. The zero-order valence-corrected chi connectivity index (χ0v) is 36.8. The van der Waals surface area contributed by atoms with Gasteiger partial charge in [-0.15, -0.1) is 0 Å². The first-order chi connectivity index (χ1) is 31.9. The van der Waals surface area contributed by atoms with Crippen LogP contribution in [-0.4, -0.2) is 14.5 Å². The van der Waals surface area contributed by atoms with E-state index in [0.717, 1.165) is 61.5 Å². The smallest absolute Gasteiger partial charge is 0.160 e. The van der Waals surface area contributed by atoms with Crippen LogP contribution in [0.1, 0.15) is 26.3 Å². The Morgan fingerprint density at radius 1 is 0.338 bits per heavy atom. The third-order valence-corrected chi connectivity index (χ3v) is 12.5. The van der Waals surface area contributed by atoms with Crippen LogP contribution < -0.4 is 0 Å². The Hall–Kier alpha value is -8.14. The molecule has 65 heavy (non-hydrogen) atoms. The second kappa shape index (κ2) is 16.5. The zero-order valence-electron chi connectivity index (χ0n) is 36.8. The second-order valence-corrected chi connectivity index (χ2v) is 17.8. The first-order valence-electron chi connectivity index (χ1n) is 22.4. The number of hydrogen-bond acceptors (Lipinski definition) is 2. The maximum absolute atomic E-state index is 5.37. The lowest BCUT2D eigenvalue weighted by Gasteiger charge is -2.26. The minimum Gasteiger partial charge on any atom is -0.308 e. The molecule has 0 bridgehead atoms. The van der Waals surface area contributed by atoms with Gasteiger partial charge < -0.3 is 4.57 Å². The monoisotopic (exact) mass is 833 g/mol. The third-order valence-electron chi connectivity index (χ3n) is 12.5. The van der Waals surface area contributed by atoms with Crippen molar-refractivity contribution in [2.75, 3.05) is 0 Å². The lowest BCUT2D eigenvalue weighted by molar-refractivity contribution is 0.594. The van der Waals surface area contributed by atoms with Gasteiger partial charge in [0.2, 0.25) is 0 Å². The Labute approximate surface area is 381 Å². The van der Waals surface area contributed by atoms with E-state index in [4.69, 9.17) is 9.97 Å². The van der Waals surface area contributed by atoms with Gasteiger partial charge >= 0.3 is 0 Å². The molecule has 0 saturated carbocycles. The van der Waals surface area contributed by atoms with Crippen molar-refractivity contribution in [3.05, 3.63) is 236 Å². The molecule has 0 N–H and O–H groups in total. The predicted octanol–water partition coefficient (Wildman–Crippen LogP) is 16.5. The molecule has 0 spiro atoms. The molecule has 0 radical (unpaired) electrons. The molecule has 0 aliphatic carbocycles. The van der Waals surface area contributed by atoms with Crippen molar-refractivity contribution in [1.82, 2.24) is 14.5 Å². The van der Waals surface area contributed by atoms with E-state index in [2.05, 4.69) is 244 Å². The third kappa shape index (κ3) is 7.51. The van der Waals surface area contributed by atoms with E-state index in [1.54, 1.807) is 0 Å². The lowest BCUT2D eigenvalue weighted by Crippen LogP contribution is -2.14. The molecule has 0 saturated heterocycles. The molecule has 310 valence electrons. The van der Waals surface area contributed by atoms with Crippen molar-refractivity contribution in [3.8, 4) is 84.1 Å². The van der Waals surface area contributed by atoms with Crippen molar-refractivity contribution >= 4 is 21.8 Å². The largest absolute Gasteiger partial charge is 0.308 e. The summed E-state index contributed by atoms with van der Waals surface area (Å²) in [7, 11) is 0. The van der Waals surface area contributed by atoms with Crippen LogP contribution in [0, 0.1) is 0 Å².